The standard InChI is InChI=1S/C18H27N3O3S2/c1-13-5-8-21(9-6-13)10-7-19-26(23,24)15-3-4-17-16(12-15)20-18(22)11-14(2)25-17/h3-4,12-14,19H,5-11H2,1-2H3,(H,20,22)/t14-/m0/s1. The number of hydrogen-bond acceptors (Lipinski definition) is 5. The molecule has 1 aromatic carbocycles. The fourth-order valence-electron chi connectivity index (χ4n) is 3.30. The average molecular weight is 398 g/mol. The van der Waals surface area contributed by atoms with E-state index in [0.29, 0.717) is 18.7 Å². The highest BCUT2D eigenvalue weighted by molar-refractivity contribution is 8.00. The molecule has 1 fully saturated rings. The van der Waals surface area contributed by atoms with E-state index in [0.717, 1.165) is 30.4 Å². The van der Waals surface area contributed by atoms with Gasteiger partial charge < -0.3 is 10.2 Å². The van der Waals surface area contributed by atoms with Gasteiger partial charge in [0, 0.05) is 29.7 Å². The van der Waals surface area contributed by atoms with Crippen LogP contribution in [0.2, 0.25) is 0 Å². The van der Waals surface area contributed by atoms with Crippen LogP contribution in [0.1, 0.15) is 33.1 Å². The Bertz CT molecular complexity index is 759. The topological polar surface area (TPSA) is 78.5 Å². The minimum atomic E-state index is -3.59. The molecule has 1 saturated heterocycles. The molecule has 3 rings (SSSR count). The van der Waals surface area contributed by atoms with Crippen molar-refractivity contribution in [2.45, 2.75) is 48.2 Å². The van der Waals surface area contributed by atoms with E-state index < -0.39 is 10.0 Å². The zero-order valence-electron chi connectivity index (χ0n) is 15.3. The average Bonchev–Trinajstić information content (AvgIpc) is 2.72. The van der Waals surface area contributed by atoms with Crippen molar-refractivity contribution in [1.29, 1.82) is 0 Å². The Balaban J connectivity index is 1.63. The first kappa shape index (κ1) is 19.7. The molecule has 8 heteroatoms. The maximum absolute atomic E-state index is 12.6. The lowest BCUT2D eigenvalue weighted by Crippen LogP contribution is -2.39. The molecule has 144 valence electrons. The number of hydrogen-bond donors (Lipinski definition) is 2. The molecule has 0 spiro atoms. The van der Waals surface area contributed by atoms with Crippen molar-refractivity contribution in [3.63, 3.8) is 0 Å². The SMILES string of the molecule is CC1CCN(CCNS(=O)(=O)c2ccc3c(c2)NC(=O)C[C@H](C)S3)CC1. The Labute approximate surface area is 160 Å². The predicted molar refractivity (Wildman–Crippen MR) is 105 cm³/mol. The molecule has 0 radical (unpaired) electrons. The molecule has 2 N–H and O–H groups in total. The van der Waals surface area contributed by atoms with E-state index in [1.165, 1.54) is 12.8 Å². The van der Waals surface area contributed by atoms with Crippen LogP contribution in [0.3, 0.4) is 0 Å². The molecule has 1 atom stereocenters. The van der Waals surface area contributed by atoms with Crippen LogP contribution in [-0.4, -0.2) is 50.7 Å². The summed E-state index contributed by atoms with van der Waals surface area (Å²) >= 11 is 1.59. The van der Waals surface area contributed by atoms with E-state index in [1.807, 2.05) is 6.92 Å². The number of carbonyl (C=O) groups is 1. The molecular weight excluding hydrogens is 370 g/mol. The highest BCUT2D eigenvalue weighted by atomic mass is 32.2. The summed E-state index contributed by atoms with van der Waals surface area (Å²) in [6.07, 6.45) is 2.77. The Morgan fingerprint density at radius 1 is 1.27 bits per heavy atom. The molecule has 0 aliphatic carbocycles. The summed E-state index contributed by atoms with van der Waals surface area (Å²) in [7, 11) is -3.59. The van der Waals surface area contributed by atoms with Crippen molar-refractivity contribution < 1.29 is 13.2 Å². The van der Waals surface area contributed by atoms with E-state index in [2.05, 4.69) is 21.9 Å². The molecule has 0 saturated carbocycles. The summed E-state index contributed by atoms with van der Waals surface area (Å²) < 4.78 is 27.9. The van der Waals surface area contributed by atoms with Gasteiger partial charge in [0.25, 0.3) is 0 Å². The van der Waals surface area contributed by atoms with Gasteiger partial charge in [-0.3, -0.25) is 4.79 Å². The number of likely N-dealkylation sites (tertiary alicyclic amines) is 1. The Hall–Kier alpha value is -1.09. The quantitative estimate of drug-likeness (QED) is 0.798. The van der Waals surface area contributed by atoms with E-state index >= 15 is 0 Å². The second-order valence-electron chi connectivity index (χ2n) is 7.26. The number of thioether (sulfide) groups is 1. The fraction of sp³-hybridized carbons (Fsp3) is 0.611. The van der Waals surface area contributed by atoms with Crippen LogP contribution in [-0.2, 0) is 14.8 Å². The highest BCUT2D eigenvalue weighted by Crippen LogP contribution is 2.36. The number of anilines is 1. The lowest BCUT2D eigenvalue weighted by atomic mass is 9.99. The predicted octanol–water partition coefficient (Wildman–Crippen LogP) is 2.52. The monoisotopic (exact) mass is 397 g/mol. The van der Waals surface area contributed by atoms with Gasteiger partial charge in [0.05, 0.1) is 10.6 Å². The number of benzene rings is 1. The molecule has 6 nitrogen and oxygen atoms in total. The van der Waals surface area contributed by atoms with Crippen molar-refractivity contribution in [3.05, 3.63) is 18.2 Å². The van der Waals surface area contributed by atoms with Crippen LogP contribution in [0.25, 0.3) is 0 Å². The fourth-order valence-corrected chi connectivity index (χ4v) is 5.40. The summed E-state index contributed by atoms with van der Waals surface area (Å²) in [6, 6.07) is 4.95. The first-order valence-electron chi connectivity index (χ1n) is 9.16. The van der Waals surface area contributed by atoms with Gasteiger partial charge in [0.2, 0.25) is 15.9 Å². The van der Waals surface area contributed by atoms with E-state index in [9.17, 15) is 13.2 Å². The van der Waals surface area contributed by atoms with Gasteiger partial charge in [-0.2, -0.15) is 0 Å². The van der Waals surface area contributed by atoms with Crippen LogP contribution in [0, 0.1) is 5.92 Å². The number of fused-ring (bicyclic) bond motifs is 1. The van der Waals surface area contributed by atoms with Crippen molar-refractivity contribution >= 4 is 33.4 Å². The smallest absolute Gasteiger partial charge is 0.240 e. The number of rotatable bonds is 5. The van der Waals surface area contributed by atoms with E-state index in [1.54, 1.807) is 30.0 Å². The van der Waals surface area contributed by atoms with Crippen LogP contribution in [0.5, 0.6) is 0 Å². The third-order valence-corrected chi connectivity index (χ3v) is 7.57. The number of nitrogens with one attached hydrogen (secondary N) is 2. The van der Waals surface area contributed by atoms with E-state index in [-0.39, 0.29) is 16.1 Å². The zero-order chi connectivity index (χ0) is 18.7. The number of sulfonamides is 1. The van der Waals surface area contributed by atoms with Crippen molar-refractivity contribution in [2.75, 3.05) is 31.5 Å². The molecule has 0 aromatic heterocycles. The van der Waals surface area contributed by atoms with Crippen LogP contribution < -0.4 is 10.0 Å². The second kappa shape index (κ2) is 8.29. The van der Waals surface area contributed by atoms with Crippen LogP contribution in [0.4, 0.5) is 5.69 Å². The lowest BCUT2D eigenvalue weighted by Gasteiger charge is -2.30. The maximum atomic E-state index is 12.6. The molecular formula is C18H27N3O3S2. The van der Waals surface area contributed by atoms with Crippen molar-refractivity contribution in [3.8, 4) is 0 Å². The van der Waals surface area contributed by atoms with Crippen LogP contribution in [0.15, 0.2) is 28.0 Å². The molecule has 0 bridgehead atoms. The normalized spacial score (nSPS) is 22.5. The molecule has 0 unspecified atom stereocenters. The Morgan fingerprint density at radius 2 is 2.00 bits per heavy atom. The third kappa shape index (κ3) is 5.00. The lowest BCUT2D eigenvalue weighted by molar-refractivity contribution is -0.116. The molecule has 2 aliphatic heterocycles. The molecule has 2 heterocycles. The summed E-state index contributed by atoms with van der Waals surface area (Å²) in [4.78, 5) is 15.3. The summed E-state index contributed by atoms with van der Waals surface area (Å²) in [6.45, 7) is 7.43. The van der Waals surface area contributed by atoms with Gasteiger partial charge in [0.15, 0.2) is 0 Å². The van der Waals surface area contributed by atoms with Gasteiger partial charge in [0.1, 0.15) is 0 Å². The first-order valence-corrected chi connectivity index (χ1v) is 11.5. The number of amides is 1. The zero-order valence-corrected chi connectivity index (χ0v) is 17.0. The third-order valence-electron chi connectivity index (χ3n) is 4.93. The van der Waals surface area contributed by atoms with Crippen molar-refractivity contribution in [1.82, 2.24) is 9.62 Å². The van der Waals surface area contributed by atoms with Gasteiger partial charge in [-0.25, -0.2) is 13.1 Å². The minimum absolute atomic E-state index is 0.0782. The van der Waals surface area contributed by atoms with Crippen LogP contribution >= 0.6 is 11.8 Å². The number of piperidine rings is 1. The van der Waals surface area contributed by atoms with Gasteiger partial charge in [-0.05, 0) is 50.0 Å². The number of nitrogens with zero attached hydrogens (tertiary/aromatic N) is 1. The minimum Gasteiger partial charge on any atom is -0.325 e. The molecule has 2 aliphatic rings. The molecule has 1 amide bonds. The largest absolute Gasteiger partial charge is 0.325 e. The molecule has 1 aromatic rings. The number of carbonyl (C=O) groups excluding carboxylic acids is 1. The Morgan fingerprint density at radius 3 is 2.73 bits per heavy atom. The summed E-state index contributed by atoms with van der Waals surface area (Å²) in [5.41, 5.74) is 0.581. The first-order chi connectivity index (χ1) is 12.3. The highest BCUT2D eigenvalue weighted by Gasteiger charge is 2.22. The maximum Gasteiger partial charge on any atom is 0.240 e. The van der Waals surface area contributed by atoms with Crippen molar-refractivity contribution in [2.24, 2.45) is 5.92 Å². The Kier molecular flexibility index (Phi) is 6.27. The van der Waals surface area contributed by atoms with Gasteiger partial charge >= 0.3 is 0 Å². The van der Waals surface area contributed by atoms with Gasteiger partial charge in [-0.15, -0.1) is 11.8 Å². The van der Waals surface area contributed by atoms with Gasteiger partial charge in [-0.1, -0.05) is 13.8 Å². The second-order valence-corrected chi connectivity index (χ2v) is 10.5. The molecule has 26 heavy (non-hydrogen) atoms. The summed E-state index contributed by atoms with van der Waals surface area (Å²) in [5, 5.41) is 2.99. The summed E-state index contributed by atoms with van der Waals surface area (Å²) in [5.74, 6) is 0.684. The van der Waals surface area contributed by atoms with E-state index in [4.69, 9.17) is 0 Å².